The number of sulfonamides is 1. The Morgan fingerprint density at radius 3 is 2.53 bits per heavy atom. The van der Waals surface area contributed by atoms with Gasteiger partial charge in [0, 0.05) is 5.38 Å². The molecule has 9 heteroatoms. The summed E-state index contributed by atoms with van der Waals surface area (Å²) in [6.07, 6.45) is 0. The number of esters is 1. The van der Waals surface area contributed by atoms with Gasteiger partial charge in [0.2, 0.25) is 10.0 Å². The van der Waals surface area contributed by atoms with Crippen LogP contribution in [0, 0.1) is 5.92 Å². The van der Waals surface area contributed by atoms with E-state index in [1.807, 2.05) is 4.72 Å². The van der Waals surface area contributed by atoms with Crippen molar-refractivity contribution in [1.29, 1.82) is 0 Å². The predicted octanol–water partition coefficient (Wildman–Crippen LogP) is 0.400. The molecule has 0 aliphatic rings. The van der Waals surface area contributed by atoms with Gasteiger partial charge < -0.3 is 4.74 Å². The van der Waals surface area contributed by atoms with Crippen LogP contribution in [0.4, 0.5) is 0 Å². The molecule has 1 aromatic heterocycles. The maximum atomic E-state index is 11.9. The summed E-state index contributed by atoms with van der Waals surface area (Å²) in [6, 6.07) is 0. The Hall–Kier alpha value is -1.48. The number of carbonyl (C=O) groups excluding carboxylic acids is 2. The first-order valence-electron chi connectivity index (χ1n) is 5.31. The van der Waals surface area contributed by atoms with Gasteiger partial charge in [0.1, 0.15) is 5.69 Å². The molecule has 0 saturated heterocycles. The molecule has 0 fully saturated rings. The summed E-state index contributed by atoms with van der Waals surface area (Å²) in [5.41, 5.74) is 1.44. The van der Waals surface area contributed by atoms with Crippen molar-refractivity contribution >= 4 is 33.2 Å². The Balaban J connectivity index is 2.81. The lowest BCUT2D eigenvalue weighted by molar-refractivity contribution is -0.144. The highest BCUT2D eigenvalue weighted by atomic mass is 32.2. The molecule has 0 unspecified atom stereocenters. The summed E-state index contributed by atoms with van der Waals surface area (Å²) in [5.74, 6) is -2.35. The van der Waals surface area contributed by atoms with E-state index in [2.05, 4.69) is 9.72 Å². The maximum Gasteiger partial charge on any atom is 0.309 e. The molecule has 1 N–H and O–H groups in total. The molecule has 0 radical (unpaired) electrons. The zero-order chi connectivity index (χ0) is 14.6. The van der Waals surface area contributed by atoms with E-state index in [9.17, 15) is 18.0 Å². The van der Waals surface area contributed by atoms with E-state index in [-0.39, 0.29) is 5.69 Å². The number of carbonyl (C=O) groups is 2. The molecule has 0 aromatic carbocycles. The molecule has 2 atom stereocenters. The Morgan fingerprint density at radius 2 is 2.05 bits per heavy atom. The number of thiazole rings is 1. The highest BCUT2D eigenvalue weighted by Gasteiger charge is 2.33. The average Bonchev–Trinajstić information content (AvgIpc) is 2.89. The van der Waals surface area contributed by atoms with E-state index < -0.39 is 33.1 Å². The van der Waals surface area contributed by atoms with Crippen molar-refractivity contribution < 1.29 is 22.7 Å². The van der Waals surface area contributed by atoms with Crippen LogP contribution in [0.5, 0.6) is 0 Å². The lowest BCUT2D eigenvalue weighted by Gasteiger charge is -2.18. The molecule has 0 bridgehead atoms. The third-order valence-electron chi connectivity index (χ3n) is 2.67. The summed E-state index contributed by atoms with van der Waals surface area (Å²) in [4.78, 5) is 26.6. The molecule has 7 nitrogen and oxygen atoms in total. The second-order valence-electron chi connectivity index (χ2n) is 3.87. The first-order valence-corrected chi connectivity index (χ1v) is 7.80. The minimum absolute atomic E-state index is 0.0199. The molecule has 19 heavy (non-hydrogen) atoms. The van der Waals surface area contributed by atoms with Gasteiger partial charge in [-0.05, 0) is 6.92 Å². The summed E-state index contributed by atoms with van der Waals surface area (Å²) in [5, 5.41) is 0.335. The number of hydrogen-bond acceptors (Lipinski definition) is 7. The lowest BCUT2D eigenvalue weighted by Crippen LogP contribution is -2.42. The molecule has 0 aliphatic heterocycles. The van der Waals surface area contributed by atoms with E-state index >= 15 is 0 Å². The van der Waals surface area contributed by atoms with Crippen LogP contribution in [0.1, 0.15) is 24.3 Å². The summed E-state index contributed by atoms with van der Waals surface area (Å²) < 4.78 is 30.2. The number of rotatable bonds is 5. The molecule has 1 amide bonds. The monoisotopic (exact) mass is 306 g/mol. The zero-order valence-electron chi connectivity index (χ0n) is 10.6. The van der Waals surface area contributed by atoms with Crippen LogP contribution in [0.3, 0.4) is 0 Å². The highest BCUT2D eigenvalue weighted by molar-refractivity contribution is 7.90. The molecular weight excluding hydrogens is 292 g/mol. The molecule has 0 aliphatic carbocycles. The van der Waals surface area contributed by atoms with Gasteiger partial charge in [-0.25, -0.2) is 18.1 Å². The van der Waals surface area contributed by atoms with Crippen LogP contribution in [-0.4, -0.2) is 37.6 Å². The van der Waals surface area contributed by atoms with Crippen LogP contribution < -0.4 is 4.72 Å². The van der Waals surface area contributed by atoms with Crippen LogP contribution >= 0.6 is 11.3 Å². The molecule has 0 spiro atoms. The average molecular weight is 306 g/mol. The Labute approximate surface area is 115 Å². The van der Waals surface area contributed by atoms with E-state index in [1.165, 1.54) is 43.2 Å². The number of nitrogens with zero attached hydrogens (tertiary/aromatic N) is 1. The first kappa shape index (κ1) is 15.6. The number of ether oxygens (including phenoxy) is 1. The quantitative estimate of drug-likeness (QED) is 0.790. The van der Waals surface area contributed by atoms with Gasteiger partial charge in [0.15, 0.2) is 0 Å². The van der Waals surface area contributed by atoms with E-state index in [0.717, 1.165) is 0 Å². The van der Waals surface area contributed by atoms with E-state index in [0.29, 0.717) is 0 Å². The van der Waals surface area contributed by atoms with Gasteiger partial charge >= 0.3 is 5.97 Å². The van der Waals surface area contributed by atoms with Gasteiger partial charge in [-0.3, -0.25) is 9.59 Å². The van der Waals surface area contributed by atoms with Crippen molar-refractivity contribution in [3.05, 3.63) is 16.6 Å². The maximum absolute atomic E-state index is 11.9. The van der Waals surface area contributed by atoms with Crippen molar-refractivity contribution in [2.45, 2.75) is 19.1 Å². The summed E-state index contributed by atoms with van der Waals surface area (Å²) in [7, 11) is -2.80. The number of amides is 1. The SMILES string of the molecule is COC(=O)[C@@H](C)[C@@H](C)S(=O)(=O)NC(=O)c1cscn1. The van der Waals surface area contributed by atoms with Gasteiger partial charge in [-0.2, -0.15) is 0 Å². The van der Waals surface area contributed by atoms with E-state index in [4.69, 9.17) is 0 Å². The first-order chi connectivity index (χ1) is 8.79. The molecule has 1 heterocycles. The van der Waals surface area contributed by atoms with Crippen molar-refractivity contribution in [2.75, 3.05) is 7.11 Å². The van der Waals surface area contributed by atoms with E-state index in [1.54, 1.807) is 0 Å². The number of hydrogen-bond donors (Lipinski definition) is 1. The minimum Gasteiger partial charge on any atom is -0.469 e. The van der Waals surface area contributed by atoms with Crippen LogP contribution in [-0.2, 0) is 19.6 Å². The summed E-state index contributed by atoms with van der Waals surface area (Å²) in [6.45, 7) is 2.75. The second kappa shape index (κ2) is 6.11. The second-order valence-corrected chi connectivity index (χ2v) is 6.62. The van der Waals surface area contributed by atoms with Gasteiger partial charge in [-0.1, -0.05) is 6.92 Å². The fourth-order valence-corrected chi connectivity index (χ4v) is 2.97. The fourth-order valence-electron chi connectivity index (χ4n) is 1.25. The van der Waals surface area contributed by atoms with Crippen molar-refractivity contribution in [3.8, 4) is 0 Å². The van der Waals surface area contributed by atoms with Crippen LogP contribution in [0.2, 0.25) is 0 Å². The minimum atomic E-state index is -3.98. The molecular formula is C10H14N2O5S2. The zero-order valence-corrected chi connectivity index (χ0v) is 12.2. The number of methoxy groups -OCH3 is 1. The Bertz CT molecular complexity index is 552. The largest absolute Gasteiger partial charge is 0.469 e. The molecule has 106 valence electrons. The molecule has 1 rings (SSSR count). The van der Waals surface area contributed by atoms with Crippen molar-refractivity contribution in [3.63, 3.8) is 0 Å². The number of nitrogens with one attached hydrogen (secondary N) is 1. The Kier molecular flexibility index (Phi) is 5.01. The predicted molar refractivity (Wildman–Crippen MR) is 69.1 cm³/mol. The van der Waals surface area contributed by atoms with Crippen molar-refractivity contribution in [1.82, 2.24) is 9.71 Å². The molecule has 1 aromatic rings. The third-order valence-corrected chi connectivity index (χ3v) is 5.11. The lowest BCUT2D eigenvalue weighted by atomic mass is 10.1. The van der Waals surface area contributed by atoms with Crippen LogP contribution in [0.15, 0.2) is 10.9 Å². The normalized spacial score (nSPS) is 14.5. The Morgan fingerprint density at radius 1 is 1.42 bits per heavy atom. The van der Waals surface area contributed by atoms with Gasteiger partial charge in [0.05, 0.1) is 23.8 Å². The smallest absolute Gasteiger partial charge is 0.309 e. The highest BCUT2D eigenvalue weighted by Crippen LogP contribution is 2.13. The van der Waals surface area contributed by atoms with Crippen LogP contribution in [0.25, 0.3) is 0 Å². The van der Waals surface area contributed by atoms with Crippen molar-refractivity contribution in [2.24, 2.45) is 5.92 Å². The topological polar surface area (TPSA) is 102 Å². The van der Waals surface area contributed by atoms with Gasteiger partial charge in [-0.15, -0.1) is 11.3 Å². The third kappa shape index (κ3) is 3.74. The fraction of sp³-hybridized carbons (Fsp3) is 0.500. The number of aromatic nitrogens is 1. The summed E-state index contributed by atoms with van der Waals surface area (Å²) >= 11 is 1.18. The van der Waals surface area contributed by atoms with Gasteiger partial charge in [0.25, 0.3) is 5.91 Å². The standard InChI is InChI=1S/C10H14N2O5S2/c1-6(10(14)17-3)7(2)19(15,16)12-9(13)8-4-18-5-11-8/h4-7H,1-3H3,(H,12,13)/t6-,7+/m0/s1. The molecule has 0 saturated carbocycles.